The number of anilines is 1. The van der Waals surface area contributed by atoms with Gasteiger partial charge in [-0.1, -0.05) is 29.8 Å². The third-order valence-corrected chi connectivity index (χ3v) is 6.32. The normalized spacial score (nSPS) is 14.3. The molecule has 1 heterocycles. The molecule has 1 saturated heterocycles. The largest absolute Gasteiger partial charge is 0.493 e. The van der Waals surface area contributed by atoms with Crippen LogP contribution in [0.3, 0.4) is 0 Å². The van der Waals surface area contributed by atoms with Crippen molar-refractivity contribution in [2.24, 2.45) is 0 Å². The van der Waals surface area contributed by atoms with E-state index in [0.717, 1.165) is 16.5 Å². The topological polar surface area (TPSA) is 84.9 Å². The fraction of sp³-hybridized carbons (Fsp3) is 0.115. The van der Waals surface area contributed by atoms with Gasteiger partial charge in [-0.15, -0.1) is 0 Å². The summed E-state index contributed by atoms with van der Waals surface area (Å²) in [6.07, 6.45) is 1.45. The van der Waals surface area contributed by atoms with Crippen molar-refractivity contribution in [3.63, 3.8) is 0 Å². The molecule has 0 bridgehead atoms. The van der Waals surface area contributed by atoms with Gasteiger partial charge in [0, 0.05) is 5.69 Å². The van der Waals surface area contributed by atoms with Crippen molar-refractivity contribution in [1.82, 2.24) is 4.90 Å². The van der Waals surface area contributed by atoms with Gasteiger partial charge in [-0.05, 0) is 71.4 Å². The predicted molar refractivity (Wildman–Crippen MR) is 136 cm³/mol. The molecule has 11 heteroatoms. The molecule has 37 heavy (non-hydrogen) atoms. The molecular formula is C26H19ClF2N2O5S. The lowest BCUT2D eigenvalue weighted by molar-refractivity contribution is -0.127. The van der Waals surface area contributed by atoms with Gasteiger partial charge in [0.15, 0.2) is 11.5 Å². The maximum atomic E-state index is 13.3. The second kappa shape index (κ2) is 11.4. The number of thioether (sulfide) groups is 1. The van der Waals surface area contributed by atoms with Crippen LogP contribution in [-0.2, 0) is 16.2 Å². The smallest absolute Gasteiger partial charge is 0.294 e. The Balaban J connectivity index is 1.46. The van der Waals surface area contributed by atoms with Gasteiger partial charge in [-0.25, -0.2) is 8.78 Å². The van der Waals surface area contributed by atoms with Crippen LogP contribution in [-0.4, -0.2) is 35.6 Å². The predicted octanol–water partition coefficient (Wildman–Crippen LogP) is 5.88. The van der Waals surface area contributed by atoms with E-state index in [-0.39, 0.29) is 39.5 Å². The van der Waals surface area contributed by atoms with Gasteiger partial charge in [0.25, 0.3) is 11.1 Å². The zero-order valence-electron chi connectivity index (χ0n) is 19.3. The Labute approximate surface area is 220 Å². The summed E-state index contributed by atoms with van der Waals surface area (Å²) in [4.78, 5) is 38.4. The average molecular weight is 545 g/mol. The number of rotatable bonds is 8. The van der Waals surface area contributed by atoms with Crippen molar-refractivity contribution in [3.8, 4) is 11.5 Å². The Kier molecular flexibility index (Phi) is 8.10. The van der Waals surface area contributed by atoms with Gasteiger partial charge in [-0.3, -0.25) is 19.3 Å². The molecule has 3 aromatic carbocycles. The molecule has 0 aliphatic carbocycles. The van der Waals surface area contributed by atoms with Gasteiger partial charge in [0.05, 0.1) is 17.0 Å². The number of imide groups is 1. The van der Waals surface area contributed by atoms with Crippen LogP contribution in [0.2, 0.25) is 5.02 Å². The zero-order valence-corrected chi connectivity index (χ0v) is 20.9. The van der Waals surface area contributed by atoms with E-state index in [1.807, 2.05) is 0 Å². The van der Waals surface area contributed by atoms with Gasteiger partial charge in [0.2, 0.25) is 5.91 Å². The molecule has 1 aliphatic rings. The number of methoxy groups -OCH3 is 1. The second-order valence-electron chi connectivity index (χ2n) is 7.78. The summed E-state index contributed by atoms with van der Waals surface area (Å²) in [5.41, 5.74) is 1.39. The number of hydrogen-bond donors (Lipinski definition) is 1. The number of benzene rings is 3. The molecular weight excluding hydrogens is 526 g/mol. The summed E-state index contributed by atoms with van der Waals surface area (Å²) in [6, 6.07) is 14.2. The van der Waals surface area contributed by atoms with Crippen LogP contribution in [0.5, 0.6) is 11.5 Å². The van der Waals surface area contributed by atoms with Crippen molar-refractivity contribution in [2.75, 3.05) is 19.0 Å². The average Bonchev–Trinajstić information content (AvgIpc) is 3.11. The van der Waals surface area contributed by atoms with Crippen molar-refractivity contribution in [2.45, 2.75) is 6.61 Å². The van der Waals surface area contributed by atoms with E-state index in [0.29, 0.717) is 17.3 Å². The Bertz CT molecular complexity index is 1400. The Morgan fingerprint density at radius 1 is 1.08 bits per heavy atom. The third-order valence-electron chi connectivity index (χ3n) is 5.13. The molecule has 0 spiro atoms. The van der Waals surface area contributed by atoms with Crippen molar-refractivity contribution < 1.29 is 32.6 Å². The van der Waals surface area contributed by atoms with Gasteiger partial charge < -0.3 is 14.8 Å². The van der Waals surface area contributed by atoms with Crippen molar-refractivity contribution in [1.29, 1.82) is 0 Å². The molecule has 0 saturated carbocycles. The zero-order chi connectivity index (χ0) is 26.5. The van der Waals surface area contributed by atoms with E-state index in [2.05, 4.69) is 5.32 Å². The first-order valence-electron chi connectivity index (χ1n) is 10.8. The highest BCUT2D eigenvalue weighted by Gasteiger charge is 2.36. The third kappa shape index (κ3) is 6.46. The molecule has 7 nitrogen and oxygen atoms in total. The number of carbonyl (C=O) groups excluding carboxylic acids is 3. The summed E-state index contributed by atoms with van der Waals surface area (Å²) >= 11 is 7.07. The lowest BCUT2D eigenvalue weighted by atomic mass is 10.1. The van der Waals surface area contributed by atoms with Crippen LogP contribution in [0.15, 0.2) is 65.6 Å². The molecule has 190 valence electrons. The molecule has 4 rings (SSSR count). The lowest BCUT2D eigenvalue weighted by Gasteiger charge is -2.14. The lowest BCUT2D eigenvalue weighted by Crippen LogP contribution is -2.36. The highest BCUT2D eigenvalue weighted by Crippen LogP contribution is 2.39. The molecule has 1 fully saturated rings. The molecule has 0 atom stereocenters. The Morgan fingerprint density at radius 2 is 1.84 bits per heavy atom. The van der Waals surface area contributed by atoms with E-state index >= 15 is 0 Å². The van der Waals surface area contributed by atoms with Crippen molar-refractivity contribution >= 4 is 52.2 Å². The SMILES string of the molecule is COc1cc(/C=C2/SC(=O)N(CC(=O)Nc3cccc(F)c3)C2=O)cc(Cl)c1OCc1ccc(F)cc1. The monoisotopic (exact) mass is 544 g/mol. The van der Waals surface area contributed by atoms with Crippen molar-refractivity contribution in [3.05, 3.63) is 93.4 Å². The molecule has 3 aromatic rings. The van der Waals surface area contributed by atoms with Gasteiger partial charge in [0.1, 0.15) is 24.8 Å². The highest BCUT2D eigenvalue weighted by atomic mass is 35.5. The molecule has 3 amide bonds. The van der Waals surface area contributed by atoms with Crippen LogP contribution < -0.4 is 14.8 Å². The van der Waals surface area contributed by atoms with Gasteiger partial charge >= 0.3 is 0 Å². The number of amides is 3. The number of halogens is 3. The van der Waals surface area contributed by atoms with Crippen LogP contribution in [0, 0.1) is 11.6 Å². The van der Waals surface area contributed by atoms with Crippen LogP contribution in [0.1, 0.15) is 11.1 Å². The maximum absolute atomic E-state index is 13.3. The minimum absolute atomic E-state index is 0.0849. The summed E-state index contributed by atoms with van der Waals surface area (Å²) in [5, 5.41) is 2.02. The fourth-order valence-corrected chi connectivity index (χ4v) is 4.51. The summed E-state index contributed by atoms with van der Waals surface area (Å²) < 4.78 is 37.6. The minimum Gasteiger partial charge on any atom is -0.493 e. The maximum Gasteiger partial charge on any atom is 0.294 e. The first-order valence-corrected chi connectivity index (χ1v) is 12.0. The fourth-order valence-electron chi connectivity index (χ4n) is 3.40. The second-order valence-corrected chi connectivity index (χ2v) is 9.18. The summed E-state index contributed by atoms with van der Waals surface area (Å²) in [5.74, 6) is -1.66. The number of nitrogens with one attached hydrogen (secondary N) is 1. The summed E-state index contributed by atoms with van der Waals surface area (Å²) in [6.45, 7) is -0.412. The Morgan fingerprint density at radius 3 is 2.54 bits per heavy atom. The minimum atomic E-state index is -0.656. The molecule has 0 unspecified atom stereocenters. The standard InChI is InChI=1S/C26H19ClF2N2O5S/c1-35-21-10-16(9-20(27)24(21)36-14-15-5-7-17(28)8-6-15)11-22-25(33)31(26(34)37-22)13-23(32)30-19-4-2-3-18(29)12-19/h2-12H,13-14H2,1H3,(H,30,32)/b22-11+. The van der Waals surface area contributed by atoms with E-state index in [1.165, 1.54) is 49.6 Å². The quantitative estimate of drug-likeness (QED) is 0.356. The van der Waals surface area contributed by atoms with E-state index < -0.39 is 29.4 Å². The highest BCUT2D eigenvalue weighted by molar-refractivity contribution is 8.18. The first kappa shape index (κ1) is 26.2. The van der Waals surface area contributed by atoms with Crippen LogP contribution in [0.4, 0.5) is 19.3 Å². The van der Waals surface area contributed by atoms with Crippen LogP contribution in [0.25, 0.3) is 6.08 Å². The van der Waals surface area contributed by atoms with Crippen LogP contribution >= 0.6 is 23.4 Å². The van der Waals surface area contributed by atoms with E-state index in [9.17, 15) is 23.2 Å². The van der Waals surface area contributed by atoms with E-state index in [4.69, 9.17) is 21.1 Å². The molecule has 1 N–H and O–H groups in total. The number of carbonyl (C=O) groups is 3. The summed E-state index contributed by atoms with van der Waals surface area (Å²) in [7, 11) is 1.42. The number of nitrogens with zero attached hydrogens (tertiary/aromatic N) is 1. The van der Waals surface area contributed by atoms with Gasteiger partial charge in [-0.2, -0.15) is 0 Å². The molecule has 0 radical (unpaired) electrons. The number of hydrogen-bond acceptors (Lipinski definition) is 6. The number of ether oxygens (including phenoxy) is 2. The molecule has 1 aliphatic heterocycles. The first-order chi connectivity index (χ1) is 17.7. The Hall–Kier alpha value is -3.89. The molecule has 0 aromatic heterocycles. The van der Waals surface area contributed by atoms with E-state index in [1.54, 1.807) is 18.2 Å².